The third kappa shape index (κ3) is 5.77. The van der Waals surface area contributed by atoms with Gasteiger partial charge in [-0.2, -0.15) is 0 Å². The van der Waals surface area contributed by atoms with Crippen molar-refractivity contribution in [3.63, 3.8) is 0 Å². The molecule has 2 amide bonds. The van der Waals surface area contributed by atoms with E-state index in [0.29, 0.717) is 25.7 Å². The quantitative estimate of drug-likeness (QED) is 0.779. The molecule has 2 unspecified atom stereocenters. The van der Waals surface area contributed by atoms with Crippen molar-refractivity contribution >= 4 is 12.0 Å². The van der Waals surface area contributed by atoms with E-state index >= 15 is 0 Å². The van der Waals surface area contributed by atoms with E-state index in [4.69, 9.17) is 9.84 Å². The second-order valence-corrected chi connectivity index (χ2v) is 5.84. The summed E-state index contributed by atoms with van der Waals surface area (Å²) >= 11 is 0. The van der Waals surface area contributed by atoms with Gasteiger partial charge < -0.3 is 20.1 Å². The van der Waals surface area contributed by atoms with E-state index in [-0.39, 0.29) is 24.5 Å². The second kappa shape index (κ2) is 8.09. The SMILES string of the molecule is CC(C)CCC(C)NC(=O)N1CCOCC1CC(=O)O. The summed E-state index contributed by atoms with van der Waals surface area (Å²) in [5.74, 6) is -0.302. The molecule has 2 N–H and O–H groups in total. The van der Waals surface area contributed by atoms with Gasteiger partial charge >= 0.3 is 12.0 Å². The van der Waals surface area contributed by atoms with Gasteiger partial charge in [0.05, 0.1) is 25.7 Å². The maximum Gasteiger partial charge on any atom is 0.318 e. The topological polar surface area (TPSA) is 78.9 Å². The van der Waals surface area contributed by atoms with Gasteiger partial charge in [0, 0.05) is 12.6 Å². The average Bonchev–Trinajstić information content (AvgIpc) is 2.36. The molecule has 20 heavy (non-hydrogen) atoms. The lowest BCUT2D eigenvalue weighted by molar-refractivity contribution is -0.139. The van der Waals surface area contributed by atoms with Crippen LogP contribution in [0.4, 0.5) is 4.79 Å². The Morgan fingerprint density at radius 3 is 2.65 bits per heavy atom. The van der Waals surface area contributed by atoms with Crippen LogP contribution in [0.15, 0.2) is 0 Å². The van der Waals surface area contributed by atoms with Gasteiger partial charge in [-0.05, 0) is 25.7 Å². The zero-order valence-electron chi connectivity index (χ0n) is 12.6. The van der Waals surface area contributed by atoms with Gasteiger partial charge in [0.25, 0.3) is 0 Å². The first-order chi connectivity index (χ1) is 9.40. The van der Waals surface area contributed by atoms with Gasteiger partial charge in [-0.3, -0.25) is 4.79 Å². The number of rotatable bonds is 6. The van der Waals surface area contributed by atoms with Crippen LogP contribution < -0.4 is 5.32 Å². The van der Waals surface area contributed by atoms with E-state index in [0.717, 1.165) is 12.8 Å². The Balaban J connectivity index is 2.48. The maximum absolute atomic E-state index is 12.2. The number of carboxylic acid groups (broad SMARTS) is 1. The second-order valence-electron chi connectivity index (χ2n) is 5.84. The predicted octanol–water partition coefficient (Wildman–Crippen LogP) is 1.70. The van der Waals surface area contributed by atoms with Crippen LogP contribution in [0.3, 0.4) is 0 Å². The molecule has 116 valence electrons. The molecule has 0 radical (unpaired) electrons. The Labute approximate surface area is 120 Å². The van der Waals surface area contributed by atoms with Crippen LogP contribution in [0.5, 0.6) is 0 Å². The van der Waals surface area contributed by atoms with Gasteiger partial charge in [0.1, 0.15) is 0 Å². The Morgan fingerprint density at radius 2 is 2.05 bits per heavy atom. The zero-order chi connectivity index (χ0) is 15.1. The first kappa shape index (κ1) is 16.8. The fraction of sp³-hybridized carbons (Fsp3) is 0.857. The van der Waals surface area contributed by atoms with Crippen molar-refractivity contribution in [2.45, 2.75) is 52.1 Å². The lowest BCUT2D eigenvalue weighted by Crippen LogP contribution is -2.54. The molecule has 1 fully saturated rings. The highest BCUT2D eigenvalue weighted by Crippen LogP contribution is 2.12. The van der Waals surface area contributed by atoms with E-state index in [2.05, 4.69) is 19.2 Å². The highest BCUT2D eigenvalue weighted by Gasteiger charge is 2.29. The molecular formula is C14H26N2O4. The van der Waals surface area contributed by atoms with Crippen LogP contribution in [0.1, 0.15) is 40.0 Å². The van der Waals surface area contributed by atoms with Crippen LogP contribution in [-0.4, -0.2) is 53.8 Å². The van der Waals surface area contributed by atoms with Crippen LogP contribution in [-0.2, 0) is 9.53 Å². The molecule has 6 heteroatoms. The lowest BCUT2D eigenvalue weighted by Gasteiger charge is -2.35. The van der Waals surface area contributed by atoms with E-state index in [9.17, 15) is 9.59 Å². The molecule has 0 bridgehead atoms. The minimum absolute atomic E-state index is 0.0756. The number of amides is 2. The van der Waals surface area contributed by atoms with Crippen LogP contribution >= 0.6 is 0 Å². The van der Waals surface area contributed by atoms with Gasteiger partial charge in [-0.15, -0.1) is 0 Å². The molecular weight excluding hydrogens is 260 g/mol. The molecule has 2 atom stereocenters. The summed E-state index contributed by atoms with van der Waals surface area (Å²) in [6.07, 6.45) is 1.91. The van der Waals surface area contributed by atoms with Crippen molar-refractivity contribution < 1.29 is 19.4 Å². The number of carbonyl (C=O) groups excluding carboxylic acids is 1. The van der Waals surface area contributed by atoms with E-state index in [1.165, 1.54) is 0 Å². The van der Waals surface area contributed by atoms with Gasteiger partial charge in [-0.1, -0.05) is 13.8 Å². The molecule has 0 aromatic heterocycles. The average molecular weight is 286 g/mol. The first-order valence-electron chi connectivity index (χ1n) is 7.26. The fourth-order valence-corrected chi connectivity index (χ4v) is 2.24. The molecule has 0 spiro atoms. The standard InChI is InChI=1S/C14H26N2O4/c1-10(2)4-5-11(3)15-14(19)16-6-7-20-9-12(16)8-13(17)18/h10-12H,4-9H2,1-3H3,(H,15,19)(H,17,18). The summed E-state index contributed by atoms with van der Waals surface area (Å²) in [6, 6.07) is -0.465. The molecule has 1 rings (SSSR count). The van der Waals surface area contributed by atoms with Crippen molar-refractivity contribution in [3.8, 4) is 0 Å². The van der Waals surface area contributed by atoms with E-state index in [1.807, 2.05) is 6.92 Å². The summed E-state index contributed by atoms with van der Waals surface area (Å²) in [7, 11) is 0. The van der Waals surface area contributed by atoms with Crippen molar-refractivity contribution in [2.75, 3.05) is 19.8 Å². The van der Waals surface area contributed by atoms with E-state index < -0.39 is 5.97 Å². The highest BCUT2D eigenvalue weighted by molar-refractivity contribution is 5.76. The number of morpholine rings is 1. The molecule has 0 aliphatic carbocycles. The van der Waals surface area contributed by atoms with Crippen LogP contribution in [0.2, 0.25) is 0 Å². The lowest BCUT2D eigenvalue weighted by atomic mass is 10.0. The molecule has 1 heterocycles. The van der Waals surface area contributed by atoms with Gasteiger partial charge in [0.2, 0.25) is 0 Å². The molecule has 1 saturated heterocycles. The molecule has 0 saturated carbocycles. The number of carboxylic acids is 1. The number of nitrogens with one attached hydrogen (secondary N) is 1. The zero-order valence-corrected chi connectivity index (χ0v) is 12.6. The third-order valence-corrected chi connectivity index (χ3v) is 3.45. The highest BCUT2D eigenvalue weighted by atomic mass is 16.5. The number of carbonyl (C=O) groups is 2. The summed E-state index contributed by atoms with van der Waals surface area (Å²) < 4.78 is 5.26. The van der Waals surface area contributed by atoms with Crippen molar-refractivity contribution in [1.29, 1.82) is 0 Å². The fourth-order valence-electron chi connectivity index (χ4n) is 2.24. The van der Waals surface area contributed by atoms with Crippen molar-refractivity contribution in [1.82, 2.24) is 10.2 Å². The summed E-state index contributed by atoms with van der Waals surface area (Å²) in [6.45, 7) is 7.48. The molecule has 0 aromatic carbocycles. The smallest absolute Gasteiger partial charge is 0.318 e. The Morgan fingerprint density at radius 1 is 1.35 bits per heavy atom. The first-order valence-corrected chi connectivity index (χ1v) is 7.26. The molecule has 1 aliphatic heterocycles. The minimum atomic E-state index is -0.911. The number of nitrogens with zero attached hydrogens (tertiary/aromatic N) is 1. The monoisotopic (exact) mass is 286 g/mol. The number of hydrogen-bond donors (Lipinski definition) is 2. The van der Waals surface area contributed by atoms with Crippen molar-refractivity contribution in [3.05, 3.63) is 0 Å². The Bertz CT molecular complexity index is 333. The molecule has 6 nitrogen and oxygen atoms in total. The minimum Gasteiger partial charge on any atom is -0.481 e. The van der Waals surface area contributed by atoms with Gasteiger partial charge in [-0.25, -0.2) is 4.79 Å². The number of ether oxygens (including phenoxy) is 1. The third-order valence-electron chi connectivity index (χ3n) is 3.45. The van der Waals surface area contributed by atoms with Crippen LogP contribution in [0, 0.1) is 5.92 Å². The molecule has 1 aliphatic rings. The summed E-state index contributed by atoms with van der Waals surface area (Å²) in [5, 5.41) is 11.8. The predicted molar refractivity (Wildman–Crippen MR) is 75.6 cm³/mol. The Kier molecular flexibility index (Phi) is 6.78. The number of aliphatic carboxylic acids is 1. The number of urea groups is 1. The molecule has 0 aromatic rings. The largest absolute Gasteiger partial charge is 0.481 e. The summed E-state index contributed by atoms with van der Waals surface area (Å²) in [5.41, 5.74) is 0. The normalized spacial score (nSPS) is 20.8. The maximum atomic E-state index is 12.2. The van der Waals surface area contributed by atoms with E-state index in [1.54, 1.807) is 4.90 Å². The van der Waals surface area contributed by atoms with Crippen LogP contribution in [0.25, 0.3) is 0 Å². The number of hydrogen-bond acceptors (Lipinski definition) is 3. The van der Waals surface area contributed by atoms with Crippen molar-refractivity contribution in [2.24, 2.45) is 5.92 Å². The Hall–Kier alpha value is -1.30. The summed E-state index contributed by atoms with van der Waals surface area (Å²) in [4.78, 5) is 24.6. The van der Waals surface area contributed by atoms with Gasteiger partial charge in [0.15, 0.2) is 0 Å².